The maximum absolute atomic E-state index is 5.76. The second-order valence-electron chi connectivity index (χ2n) is 7.83. The summed E-state index contributed by atoms with van der Waals surface area (Å²) in [5.41, 5.74) is 11.5. The van der Waals surface area contributed by atoms with E-state index < -0.39 is 0 Å². The molecule has 0 radical (unpaired) electrons. The molecule has 5 N–H and O–H groups in total. The van der Waals surface area contributed by atoms with Gasteiger partial charge in [0, 0.05) is 12.1 Å². The van der Waals surface area contributed by atoms with E-state index in [-0.39, 0.29) is 0 Å². The lowest BCUT2D eigenvalue weighted by atomic mass is 9.97. The Morgan fingerprint density at radius 2 is 0.880 bits per heavy atom. The Morgan fingerprint density at radius 3 is 1.24 bits per heavy atom. The molecule has 0 aromatic rings. The molecule has 0 spiro atoms. The summed E-state index contributed by atoms with van der Waals surface area (Å²) in [7, 11) is 0. The average Bonchev–Trinajstić information content (AvgIpc) is 2.63. The molecule has 2 atom stereocenters. The normalized spacial score (nSPS) is 13.9. The lowest BCUT2D eigenvalue weighted by molar-refractivity contribution is 0.337. The molecule has 0 aliphatic rings. The van der Waals surface area contributed by atoms with Crippen LogP contribution in [-0.4, -0.2) is 25.2 Å². The zero-order valence-electron chi connectivity index (χ0n) is 17.5. The van der Waals surface area contributed by atoms with Crippen LogP contribution < -0.4 is 16.8 Å². The Kier molecular flexibility index (Phi) is 20.1. The molecule has 3 heteroatoms. The van der Waals surface area contributed by atoms with Crippen molar-refractivity contribution >= 4 is 0 Å². The van der Waals surface area contributed by atoms with E-state index in [1.165, 1.54) is 89.9 Å². The van der Waals surface area contributed by atoms with Crippen LogP contribution in [0.15, 0.2) is 0 Å². The van der Waals surface area contributed by atoms with Gasteiger partial charge in [0.1, 0.15) is 0 Å². The predicted molar refractivity (Wildman–Crippen MR) is 114 cm³/mol. The fourth-order valence-electron chi connectivity index (χ4n) is 3.67. The molecule has 0 aliphatic heterocycles. The highest BCUT2D eigenvalue weighted by Gasteiger charge is 2.14. The number of nitrogens with two attached hydrogens (primary N) is 2. The first-order valence-corrected chi connectivity index (χ1v) is 11.4. The third kappa shape index (κ3) is 17.1. The summed E-state index contributed by atoms with van der Waals surface area (Å²) in [6.07, 6.45) is 21.1. The topological polar surface area (TPSA) is 64.1 Å². The number of rotatable bonds is 20. The van der Waals surface area contributed by atoms with Gasteiger partial charge >= 0.3 is 0 Å². The smallest absolute Gasteiger partial charge is 0.00701 e. The summed E-state index contributed by atoms with van der Waals surface area (Å²) in [5.74, 6) is 0. The van der Waals surface area contributed by atoms with E-state index in [0.717, 1.165) is 25.9 Å². The van der Waals surface area contributed by atoms with Gasteiger partial charge < -0.3 is 16.8 Å². The zero-order valence-corrected chi connectivity index (χ0v) is 17.5. The molecule has 2 unspecified atom stereocenters. The molecule has 0 aliphatic carbocycles. The van der Waals surface area contributed by atoms with Gasteiger partial charge in [0.05, 0.1) is 0 Å². The van der Waals surface area contributed by atoms with Gasteiger partial charge in [0.2, 0.25) is 0 Å². The Hall–Kier alpha value is -0.120. The van der Waals surface area contributed by atoms with Crippen LogP contribution in [0.4, 0.5) is 0 Å². The van der Waals surface area contributed by atoms with Crippen LogP contribution in [0.25, 0.3) is 0 Å². The van der Waals surface area contributed by atoms with Gasteiger partial charge in [-0.1, -0.05) is 78.1 Å². The van der Waals surface area contributed by atoms with Gasteiger partial charge in [0.25, 0.3) is 0 Å². The van der Waals surface area contributed by atoms with Crippen LogP contribution >= 0.6 is 0 Å². The van der Waals surface area contributed by atoms with Gasteiger partial charge in [-0.15, -0.1) is 0 Å². The van der Waals surface area contributed by atoms with Crippen molar-refractivity contribution in [1.82, 2.24) is 5.32 Å². The summed E-state index contributed by atoms with van der Waals surface area (Å²) >= 11 is 0. The Morgan fingerprint density at radius 1 is 0.520 bits per heavy atom. The predicted octanol–water partition coefficient (Wildman–Crippen LogP) is 5.51. The van der Waals surface area contributed by atoms with E-state index in [4.69, 9.17) is 11.5 Å². The fourth-order valence-corrected chi connectivity index (χ4v) is 3.67. The van der Waals surface area contributed by atoms with E-state index in [9.17, 15) is 0 Å². The number of nitrogens with one attached hydrogen (secondary N) is 1. The molecule has 0 bridgehead atoms. The van der Waals surface area contributed by atoms with Crippen LogP contribution in [0.3, 0.4) is 0 Å². The van der Waals surface area contributed by atoms with Crippen LogP contribution in [0.1, 0.15) is 117 Å². The zero-order chi connectivity index (χ0) is 18.6. The van der Waals surface area contributed by atoms with Gasteiger partial charge in [-0.05, 0) is 51.6 Å². The maximum Gasteiger partial charge on any atom is 0.00701 e. The van der Waals surface area contributed by atoms with Crippen molar-refractivity contribution in [2.24, 2.45) is 11.5 Å². The molecule has 0 aromatic carbocycles. The van der Waals surface area contributed by atoms with E-state index in [0.29, 0.717) is 12.1 Å². The molecule has 0 saturated carbocycles. The van der Waals surface area contributed by atoms with Crippen molar-refractivity contribution < 1.29 is 0 Å². The van der Waals surface area contributed by atoms with Crippen molar-refractivity contribution in [3.8, 4) is 0 Å². The van der Waals surface area contributed by atoms with Gasteiger partial charge in [0.15, 0.2) is 0 Å². The molecule has 0 aromatic heterocycles. The molecule has 25 heavy (non-hydrogen) atoms. The molecule has 0 heterocycles. The van der Waals surface area contributed by atoms with Crippen molar-refractivity contribution in [2.45, 2.75) is 129 Å². The first-order valence-electron chi connectivity index (χ1n) is 11.4. The monoisotopic (exact) mass is 355 g/mol. The third-order valence-electron chi connectivity index (χ3n) is 5.30. The number of hydrogen-bond donors (Lipinski definition) is 3. The Bertz CT molecular complexity index is 221. The minimum absolute atomic E-state index is 0.656. The first-order chi connectivity index (χ1) is 12.3. The molecule has 3 nitrogen and oxygen atoms in total. The summed E-state index contributed by atoms with van der Waals surface area (Å²) in [6, 6.07) is 1.31. The minimum atomic E-state index is 0.656. The SMILES string of the molecule is CCCCCCCC(CCCN)NC(CCCN)CCCCCCC. The summed E-state index contributed by atoms with van der Waals surface area (Å²) in [5, 5.41) is 3.99. The quantitative estimate of drug-likeness (QED) is 0.252. The molecule has 0 saturated heterocycles. The Balaban J connectivity index is 4.23. The lowest BCUT2D eigenvalue weighted by Crippen LogP contribution is -2.39. The molecular weight excluding hydrogens is 306 g/mol. The van der Waals surface area contributed by atoms with E-state index in [1.54, 1.807) is 0 Å². The van der Waals surface area contributed by atoms with Gasteiger partial charge in [-0.2, -0.15) is 0 Å². The molecule has 152 valence electrons. The third-order valence-corrected chi connectivity index (χ3v) is 5.30. The van der Waals surface area contributed by atoms with E-state index in [2.05, 4.69) is 19.2 Å². The average molecular weight is 356 g/mol. The molecule has 0 amide bonds. The fraction of sp³-hybridized carbons (Fsp3) is 1.00. The van der Waals surface area contributed by atoms with Crippen LogP contribution in [0.2, 0.25) is 0 Å². The highest BCUT2D eigenvalue weighted by atomic mass is 14.9. The van der Waals surface area contributed by atoms with E-state index in [1.807, 2.05) is 0 Å². The summed E-state index contributed by atoms with van der Waals surface area (Å²) < 4.78 is 0. The Labute approximate surface area is 159 Å². The second kappa shape index (κ2) is 20.2. The van der Waals surface area contributed by atoms with Crippen LogP contribution in [-0.2, 0) is 0 Å². The number of hydrogen-bond acceptors (Lipinski definition) is 3. The van der Waals surface area contributed by atoms with Crippen LogP contribution in [0, 0.1) is 0 Å². The van der Waals surface area contributed by atoms with Crippen molar-refractivity contribution in [1.29, 1.82) is 0 Å². The lowest BCUT2D eigenvalue weighted by Gasteiger charge is -2.26. The van der Waals surface area contributed by atoms with Crippen molar-refractivity contribution in [3.63, 3.8) is 0 Å². The van der Waals surface area contributed by atoms with E-state index >= 15 is 0 Å². The number of unbranched alkanes of at least 4 members (excludes halogenated alkanes) is 8. The molecular formula is C22H49N3. The largest absolute Gasteiger partial charge is 0.330 e. The summed E-state index contributed by atoms with van der Waals surface area (Å²) in [6.45, 7) is 6.21. The van der Waals surface area contributed by atoms with Crippen LogP contribution in [0.5, 0.6) is 0 Å². The molecule has 0 rings (SSSR count). The minimum Gasteiger partial charge on any atom is -0.330 e. The summed E-state index contributed by atoms with van der Waals surface area (Å²) in [4.78, 5) is 0. The highest BCUT2D eigenvalue weighted by Crippen LogP contribution is 2.15. The second-order valence-corrected chi connectivity index (χ2v) is 7.83. The standard InChI is InChI=1S/C22H49N3/c1-3-5-7-9-11-15-21(17-13-19-23)25-22(18-14-20-24)16-12-10-8-6-4-2/h21-22,25H,3-20,23-24H2,1-2H3. The maximum atomic E-state index is 5.76. The highest BCUT2D eigenvalue weighted by molar-refractivity contribution is 4.75. The molecule has 0 fully saturated rings. The van der Waals surface area contributed by atoms with Gasteiger partial charge in [-0.3, -0.25) is 0 Å². The van der Waals surface area contributed by atoms with Crippen molar-refractivity contribution in [3.05, 3.63) is 0 Å². The van der Waals surface area contributed by atoms with Crippen molar-refractivity contribution in [2.75, 3.05) is 13.1 Å². The first kappa shape index (κ1) is 24.9. The van der Waals surface area contributed by atoms with Gasteiger partial charge in [-0.25, -0.2) is 0 Å².